The first-order chi connectivity index (χ1) is 17.0. The molecule has 9 heteroatoms. The number of nitrogens with one attached hydrogen (secondary N) is 2. The fourth-order valence-electron chi connectivity index (χ4n) is 3.13. The molecule has 7 nitrogen and oxygen atoms in total. The number of hydrazone groups is 1. The molecular weight excluding hydrogens is 471 g/mol. The molecule has 0 fully saturated rings. The Hall–Kier alpha value is -4.43. The van der Waals surface area contributed by atoms with Gasteiger partial charge in [0, 0.05) is 23.6 Å². The topological polar surface area (TPSA) is 84.7 Å². The lowest BCUT2D eigenvalue weighted by Crippen LogP contribution is -2.20. The van der Waals surface area contributed by atoms with E-state index in [9.17, 15) is 14.0 Å². The van der Waals surface area contributed by atoms with Crippen LogP contribution in [0.15, 0.2) is 96.4 Å². The average molecular weight is 491 g/mol. The second-order valence-corrected chi connectivity index (χ2v) is 7.75. The van der Waals surface area contributed by atoms with Crippen molar-refractivity contribution in [2.75, 3.05) is 11.9 Å². The number of amides is 2. The zero-order valence-corrected chi connectivity index (χ0v) is 19.1. The highest BCUT2D eigenvalue weighted by atomic mass is 35.5. The Labute approximate surface area is 205 Å². The van der Waals surface area contributed by atoms with Gasteiger partial charge in [-0.3, -0.25) is 9.59 Å². The van der Waals surface area contributed by atoms with Crippen molar-refractivity contribution in [1.29, 1.82) is 0 Å². The third-order valence-corrected chi connectivity index (χ3v) is 5.17. The summed E-state index contributed by atoms with van der Waals surface area (Å²) in [5.74, 6) is -1.14. The van der Waals surface area contributed by atoms with Gasteiger partial charge in [0.25, 0.3) is 11.8 Å². The van der Waals surface area contributed by atoms with Crippen LogP contribution in [-0.2, 0) is 4.79 Å². The van der Waals surface area contributed by atoms with E-state index in [1.807, 2.05) is 41.2 Å². The van der Waals surface area contributed by atoms with Gasteiger partial charge in [0.2, 0.25) is 0 Å². The maximum atomic E-state index is 13.6. The van der Waals surface area contributed by atoms with Crippen LogP contribution in [0.3, 0.4) is 0 Å². The van der Waals surface area contributed by atoms with Crippen molar-refractivity contribution in [2.45, 2.75) is 0 Å². The maximum Gasteiger partial charge on any atom is 0.271 e. The van der Waals surface area contributed by atoms with Gasteiger partial charge in [-0.2, -0.15) is 5.10 Å². The molecule has 0 saturated carbocycles. The standard InChI is InChI=1S/C26H20ClFN4O3/c27-21-15-18(7-12-24(21)35-17-25(33)30-23-6-2-1-5-22(23)28)16-29-31-26(34)19-8-10-20(11-9-19)32-13-3-4-14-32/h1-16H,17H2,(H,30,33)(H,31,34)/b29-16+. The molecule has 0 bridgehead atoms. The van der Waals surface area contributed by atoms with Crippen LogP contribution < -0.4 is 15.5 Å². The van der Waals surface area contributed by atoms with Gasteiger partial charge >= 0.3 is 0 Å². The van der Waals surface area contributed by atoms with Crippen molar-refractivity contribution in [2.24, 2.45) is 5.10 Å². The summed E-state index contributed by atoms with van der Waals surface area (Å²) in [6.07, 6.45) is 5.27. The Morgan fingerprint density at radius 1 is 1.00 bits per heavy atom. The number of para-hydroxylation sites is 1. The second-order valence-electron chi connectivity index (χ2n) is 7.34. The normalized spacial score (nSPS) is 10.8. The summed E-state index contributed by atoms with van der Waals surface area (Å²) in [6.45, 7) is -0.347. The number of benzene rings is 3. The van der Waals surface area contributed by atoms with E-state index in [1.54, 1.807) is 36.4 Å². The van der Waals surface area contributed by atoms with Crippen molar-refractivity contribution in [3.63, 3.8) is 0 Å². The van der Waals surface area contributed by atoms with Gasteiger partial charge in [0.15, 0.2) is 6.61 Å². The molecule has 4 aromatic rings. The van der Waals surface area contributed by atoms with Crippen LogP contribution in [0.25, 0.3) is 5.69 Å². The summed E-state index contributed by atoms with van der Waals surface area (Å²) in [4.78, 5) is 24.3. The molecule has 0 unspecified atom stereocenters. The van der Waals surface area contributed by atoms with Gasteiger partial charge in [-0.1, -0.05) is 23.7 Å². The van der Waals surface area contributed by atoms with Crippen LogP contribution in [0.5, 0.6) is 5.75 Å². The number of ether oxygens (including phenoxy) is 1. The summed E-state index contributed by atoms with van der Waals surface area (Å²) in [5.41, 5.74) is 4.56. The lowest BCUT2D eigenvalue weighted by atomic mass is 10.2. The molecule has 4 rings (SSSR count). The number of hydrogen-bond donors (Lipinski definition) is 2. The highest BCUT2D eigenvalue weighted by molar-refractivity contribution is 6.32. The zero-order valence-electron chi connectivity index (χ0n) is 18.3. The lowest BCUT2D eigenvalue weighted by Gasteiger charge is -2.09. The molecule has 1 aromatic heterocycles. The smallest absolute Gasteiger partial charge is 0.271 e. The van der Waals surface area contributed by atoms with E-state index in [2.05, 4.69) is 15.8 Å². The van der Waals surface area contributed by atoms with Crippen LogP contribution in [0, 0.1) is 5.82 Å². The van der Waals surface area contributed by atoms with E-state index in [4.69, 9.17) is 16.3 Å². The minimum Gasteiger partial charge on any atom is -0.482 e. The molecule has 0 aliphatic carbocycles. The summed E-state index contributed by atoms with van der Waals surface area (Å²) >= 11 is 6.23. The van der Waals surface area contributed by atoms with Gasteiger partial charge in [0.1, 0.15) is 11.6 Å². The maximum absolute atomic E-state index is 13.6. The SMILES string of the molecule is O=C(COc1ccc(/C=N/NC(=O)c2ccc(-n3cccc3)cc2)cc1Cl)Nc1ccccc1F. The van der Waals surface area contributed by atoms with Crippen LogP contribution in [0.4, 0.5) is 10.1 Å². The Balaban J connectivity index is 1.28. The molecule has 0 atom stereocenters. The van der Waals surface area contributed by atoms with Gasteiger partial charge < -0.3 is 14.6 Å². The van der Waals surface area contributed by atoms with E-state index in [1.165, 1.54) is 24.4 Å². The number of rotatable bonds is 8. The van der Waals surface area contributed by atoms with E-state index in [0.29, 0.717) is 11.1 Å². The van der Waals surface area contributed by atoms with Crippen molar-refractivity contribution < 1.29 is 18.7 Å². The highest BCUT2D eigenvalue weighted by Crippen LogP contribution is 2.25. The molecule has 3 aromatic carbocycles. The Morgan fingerprint density at radius 2 is 1.74 bits per heavy atom. The molecular formula is C26H20ClFN4O3. The monoisotopic (exact) mass is 490 g/mol. The number of carbonyl (C=O) groups is 2. The molecule has 0 aliphatic rings. The van der Waals surface area contributed by atoms with Gasteiger partial charge in [-0.05, 0) is 72.3 Å². The largest absolute Gasteiger partial charge is 0.482 e. The number of halogens is 2. The third kappa shape index (κ3) is 6.33. The van der Waals surface area contributed by atoms with Crippen LogP contribution in [0.2, 0.25) is 5.02 Å². The number of nitrogens with zero attached hydrogens (tertiary/aromatic N) is 2. The van der Waals surface area contributed by atoms with Crippen LogP contribution in [0.1, 0.15) is 15.9 Å². The number of aromatic nitrogens is 1. The molecule has 0 aliphatic heterocycles. The first-order valence-corrected chi connectivity index (χ1v) is 10.9. The summed E-state index contributed by atoms with van der Waals surface area (Å²) in [7, 11) is 0. The van der Waals surface area contributed by atoms with E-state index < -0.39 is 11.7 Å². The van der Waals surface area contributed by atoms with Crippen LogP contribution >= 0.6 is 11.6 Å². The quantitative estimate of drug-likeness (QED) is 0.268. The average Bonchev–Trinajstić information content (AvgIpc) is 3.40. The summed E-state index contributed by atoms with van der Waals surface area (Å²) in [5, 5.41) is 6.64. The molecule has 35 heavy (non-hydrogen) atoms. The van der Waals surface area contributed by atoms with Crippen molar-refractivity contribution >= 4 is 35.3 Å². The predicted molar refractivity (Wildman–Crippen MR) is 133 cm³/mol. The fraction of sp³-hybridized carbons (Fsp3) is 0.0385. The molecule has 0 spiro atoms. The molecule has 0 radical (unpaired) electrons. The summed E-state index contributed by atoms with van der Waals surface area (Å²) < 4.78 is 21.0. The lowest BCUT2D eigenvalue weighted by molar-refractivity contribution is -0.118. The first kappa shape index (κ1) is 23.7. The van der Waals surface area contributed by atoms with E-state index >= 15 is 0 Å². The van der Waals surface area contributed by atoms with E-state index in [-0.39, 0.29) is 29.0 Å². The number of hydrogen-bond acceptors (Lipinski definition) is 4. The van der Waals surface area contributed by atoms with Crippen molar-refractivity contribution in [3.05, 3.63) is 113 Å². The Bertz CT molecular complexity index is 1360. The van der Waals surface area contributed by atoms with Gasteiger partial charge in [0.05, 0.1) is 16.9 Å². The van der Waals surface area contributed by atoms with E-state index in [0.717, 1.165) is 5.69 Å². The summed E-state index contributed by atoms with van der Waals surface area (Å²) in [6, 6.07) is 21.6. The number of carbonyl (C=O) groups excluding carboxylic acids is 2. The molecule has 2 N–H and O–H groups in total. The van der Waals surface area contributed by atoms with Gasteiger partial charge in [-0.25, -0.2) is 9.82 Å². The highest BCUT2D eigenvalue weighted by Gasteiger charge is 2.09. The minimum atomic E-state index is -0.538. The molecule has 0 saturated heterocycles. The number of anilines is 1. The first-order valence-electron chi connectivity index (χ1n) is 10.5. The van der Waals surface area contributed by atoms with Crippen LogP contribution in [-0.4, -0.2) is 29.2 Å². The molecule has 2 amide bonds. The second kappa shape index (κ2) is 11.1. The Morgan fingerprint density at radius 3 is 2.46 bits per heavy atom. The van der Waals surface area contributed by atoms with Crippen molar-refractivity contribution in [1.82, 2.24) is 9.99 Å². The van der Waals surface area contributed by atoms with Gasteiger partial charge in [-0.15, -0.1) is 0 Å². The minimum absolute atomic E-state index is 0.0673. The Kier molecular flexibility index (Phi) is 7.54. The predicted octanol–water partition coefficient (Wildman–Crippen LogP) is 5.05. The molecule has 1 heterocycles. The molecule has 176 valence electrons. The van der Waals surface area contributed by atoms with Crippen molar-refractivity contribution in [3.8, 4) is 11.4 Å². The fourth-order valence-corrected chi connectivity index (χ4v) is 3.37. The third-order valence-electron chi connectivity index (χ3n) is 4.87. The zero-order chi connectivity index (χ0) is 24.6.